The van der Waals surface area contributed by atoms with E-state index in [1.54, 1.807) is 6.20 Å². The van der Waals surface area contributed by atoms with Crippen molar-refractivity contribution in [2.75, 3.05) is 26.2 Å². The smallest absolute Gasteiger partial charge is 0.282 e. The van der Waals surface area contributed by atoms with Gasteiger partial charge in [-0.05, 0) is 24.6 Å². The van der Waals surface area contributed by atoms with E-state index in [4.69, 9.17) is 10.8 Å². The second-order valence-corrected chi connectivity index (χ2v) is 6.70. The van der Waals surface area contributed by atoms with Crippen molar-refractivity contribution in [2.24, 2.45) is 10.7 Å². The van der Waals surface area contributed by atoms with Gasteiger partial charge in [-0.1, -0.05) is 0 Å². The van der Waals surface area contributed by atoms with Crippen molar-refractivity contribution >= 4 is 11.6 Å². The van der Waals surface area contributed by atoms with Crippen LogP contribution < -0.4 is 5.73 Å². The fourth-order valence-electron chi connectivity index (χ4n) is 3.39. The van der Waals surface area contributed by atoms with Gasteiger partial charge in [0.05, 0.1) is 25.0 Å². The maximum absolute atomic E-state index is 13.0. The molecular weight excluding hydrogens is 382 g/mol. The molecule has 11 heteroatoms. The number of fused-ring (bicyclic) bond motifs is 1. The summed E-state index contributed by atoms with van der Waals surface area (Å²) in [7, 11) is 0. The highest BCUT2D eigenvalue weighted by molar-refractivity contribution is 5.78. The zero-order valence-corrected chi connectivity index (χ0v) is 15.5. The van der Waals surface area contributed by atoms with Gasteiger partial charge in [-0.2, -0.15) is 5.10 Å². The lowest BCUT2D eigenvalue weighted by Gasteiger charge is -2.17. The number of alkyl halides is 2. The molecule has 0 bridgehead atoms. The van der Waals surface area contributed by atoms with Gasteiger partial charge in [0, 0.05) is 24.7 Å². The number of nitrogens with zero attached hydrogens (tertiary/aromatic N) is 7. The molecule has 1 saturated heterocycles. The first-order valence-corrected chi connectivity index (χ1v) is 9.17. The molecule has 3 aromatic heterocycles. The minimum atomic E-state index is -2.67. The molecule has 0 radical (unpaired) electrons. The summed E-state index contributed by atoms with van der Waals surface area (Å²) in [5.74, 6) is 0.532. The number of aliphatic imine (C=N–C) groups is 1. The van der Waals surface area contributed by atoms with E-state index in [0.29, 0.717) is 29.5 Å². The molecule has 152 valence electrons. The third-order valence-electron chi connectivity index (χ3n) is 4.86. The summed E-state index contributed by atoms with van der Waals surface area (Å²) in [5.41, 5.74) is 8.00. The summed E-state index contributed by atoms with van der Waals surface area (Å²) < 4.78 is 27.4. The number of halogens is 2. The van der Waals surface area contributed by atoms with E-state index in [1.807, 2.05) is 11.0 Å². The van der Waals surface area contributed by atoms with Gasteiger partial charge in [0.2, 0.25) is 0 Å². The molecule has 1 atom stereocenters. The number of hydrogen-bond acceptors (Lipinski definition) is 6. The Morgan fingerprint density at radius 1 is 1.31 bits per heavy atom. The van der Waals surface area contributed by atoms with Gasteiger partial charge < -0.3 is 15.7 Å². The molecular formula is C18H20F2N8O. The molecule has 0 saturated carbocycles. The third-order valence-corrected chi connectivity index (χ3v) is 4.86. The van der Waals surface area contributed by atoms with Gasteiger partial charge >= 0.3 is 0 Å². The fraction of sp³-hybridized carbons (Fsp3) is 0.389. The average Bonchev–Trinajstić information content (AvgIpc) is 3.39. The van der Waals surface area contributed by atoms with E-state index in [2.05, 4.69) is 25.0 Å². The highest BCUT2D eigenvalue weighted by Crippen LogP contribution is 2.28. The molecule has 9 nitrogen and oxygen atoms in total. The molecule has 0 aromatic carbocycles. The zero-order chi connectivity index (χ0) is 20.4. The number of aromatic nitrogens is 5. The van der Waals surface area contributed by atoms with Crippen molar-refractivity contribution in [3.63, 3.8) is 0 Å². The second kappa shape index (κ2) is 8.03. The van der Waals surface area contributed by atoms with Crippen molar-refractivity contribution in [2.45, 2.75) is 18.8 Å². The van der Waals surface area contributed by atoms with Crippen molar-refractivity contribution in [3.8, 4) is 11.4 Å². The Labute approximate surface area is 164 Å². The van der Waals surface area contributed by atoms with Crippen LogP contribution in [0.15, 0.2) is 35.7 Å². The van der Waals surface area contributed by atoms with Crippen LogP contribution in [0.2, 0.25) is 0 Å². The van der Waals surface area contributed by atoms with Crippen molar-refractivity contribution in [1.29, 1.82) is 0 Å². The number of nitrogens with two attached hydrogens (primary N) is 1. The average molecular weight is 402 g/mol. The standard InChI is InChI=1S/C18H20F2N8O/c19-17(20)12-1-2-16-23-8-15(28(16)26-12)14-7-13(24-10-25-14)11-3-5-27(9-11)18(21)22-4-6-29/h1-2,7-8,10-11,17,29H,3-6,9H2,(H2,21,22). The van der Waals surface area contributed by atoms with E-state index >= 15 is 0 Å². The molecule has 0 aliphatic carbocycles. The molecule has 1 fully saturated rings. The van der Waals surface area contributed by atoms with Crippen molar-refractivity contribution < 1.29 is 13.9 Å². The Kier molecular flexibility index (Phi) is 5.30. The fourth-order valence-corrected chi connectivity index (χ4v) is 3.39. The first-order valence-electron chi connectivity index (χ1n) is 9.17. The van der Waals surface area contributed by atoms with Crippen LogP contribution in [-0.2, 0) is 0 Å². The quantitative estimate of drug-likeness (QED) is 0.487. The van der Waals surface area contributed by atoms with Gasteiger partial charge in [-0.3, -0.25) is 4.99 Å². The zero-order valence-electron chi connectivity index (χ0n) is 15.5. The Morgan fingerprint density at radius 2 is 2.17 bits per heavy atom. The monoisotopic (exact) mass is 402 g/mol. The predicted molar refractivity (Wildman–Crippen MR) is 101 cm³/mol. The largest absolute Gasteiger partial charge is 0.394 e. The maximum Gasteiger partial charge on any atom is 0.282 e. The minimum Gasteiger partial charge on any atom is -0.394 e. The summed E-state index contributed by atoms with van der Waals surface area (Å²) in [4.78, 5) is 19.0. The topological polar surface area (TPSA) is 118 Å². The number of likely N-dealkylation sites (tertiary alicyclic amines) is 1. The summed E-state index contributed by atoms with van der Waals surface area (Å²) in [6.07, 6.45) is 1.18. The number of aliphatic hydroxyl groups excluding tert-OH is 1. The van der Waals surface area contributed by atoms with Crippen LogP contribution in [0, 0.1) is 0 Å². The van der Waals surface area contributed by atoms with Gasteiger partial charge in [0.1, 0.15) is 17.7 Å². The summed E-state index contributed by atoms with van der Waals surface area (Å²) >= 11 is 0. The molecule has 4 rings (SSSR count). The van der Waals surface area contributed by atoms with Crippen molar-refractivity contribution in [3.05, 3.63) is 42.1 Å². The molecule has 1 unspecified atom stereocenters. The number of imidazole rings is 1. The Hall–Kier alpha value is -3.21. The molecule has 29 heavy (non-hydrogen) atoms. The Balaban J connectivity index is 1.60. The lowest BCUT2D eigenvalue weighted by Crippen LogP contribution is -2.35. The summed E-state index contributed by atoms with van der Waals surface area (Å²) in [6.45, 7) is 1.61. The maximum atomic E-state index is 13.0. The lowest BCUT2D eigenvalue weighted by atomic mass is 10.0. The Morgan fingerprint density at radius 3 is 2.97 bits per heavy atom. The molecule has 1 aliphatic heterocycles. The number of guanidine groups is 1. The molecule has 0 amide bonds. The van der Waals surface area contributed by atoms with Crippen LogP contribution in [0.5, 0.6) is 0 Å². The highest BCUT2D eigenvalue weighted by atomic mass is 19.3. The molecule has 4 heterocycles. The first-order chi connectivity index (χ1) is 14.1. The molecule has 1 aliphatic rings. The van der Waals surface area contributed by atoms with E-state index < -0.39 is 6.43 Å². The van der Waals surface area contributed by atoms with Gasteiger partial charge in [-0.25, -0.2) is 28.2 Å². The van der Waals surface area contributed by atoms with Gasteiger partial charge in [0.15, 0.2) is 11.6 Å². The van der Waals surface area contributed by atoms with E-state index in [-0.39, 0.29) is 24.8 Å². The van der Waals surface area contributed by atoms with Gasteiger partial charge in [0.25, 0.3) is 6.43 Å². The minimum absolute atomic E-state index is 0.0478. The van der Waals surface area contributed by atoms with Crippen LogP contribution >= 0.6 is 0 Å². The van der Waals surface area contributed by atoms with E-state index in [0.717, 1.165) is 18.7 Å². The molecule has 3 N–H and O–H groups in total. The Bertz CT molecular complexity index is 1040. The van der Waals surface area contributed by atoms with E-state index in [9.17, 15) is 8.78 Å². The SMILES string of the molecule is NC(=NCCO)N1CCC(c2cc(-c3cnc4ccc(C(F)F)nn34)ncn2)C1. The van der Waals surface area contributed by atoms with Crippen LogP contribution in [-0.4, -0.2) is 66.8 Å². The van der Waals surface area contributed by atoms with Crippen LogP contribution in [0.4, 0.5) is 8.78 Å². The van der Waals surface area contributed by atoms with Crippen molar-refractivity contribution in [1.82, 2.24) is 29.5 Å². The van der Waals surface area contributed by atoms with Gasteiger partial charge in [-0.15, -0.1) is 0 Å². The third kappa shape index (κ3) is 3.86. The normalized spacial score (nSPS) is 17.6. The second-order valence-electron chi connectivity index (χ2n) is 6.70. The number of rotatable bonds is 5. The van der Waals surface area contributed by atoms with Crippen LogP contribution in [0.3, 0.4) is 0 Å². The molecule has 0 spiro atoms. The predicted octanol–water partition coefficient (Wildman–Crippen LogP) is 1.22. The van der Waals surface area contributed by atoms with Crippen LogP contribution in [0.1, 0.15) is 30.2 Å². The van der Waals surface area contributed by atoms with E-state index in [1.165, 1.54) is 23.0 Å². The molecule has 3 aromatic rings. The lowest BCUT2D eigenvalue weighted by molar-refractivity contribution is 0.144. The van der Waals surface area contributed by atoms with Crippen LogP contribution in [0.25, 0.3) is 17.0 Å². The highest BCUT2D eigenvalue weighted by Gasteiger charge is 2.27. The summed E-state index contributed by atoms with van der Waals surface area (Å²) in [5, 5.41) is 12.9. The first kappa shape index (κ1) is 19.1. The number of hydrogen-bond donors (Lipinski definition) is 2. The summed E-state index contributed by atoms with van der Waals surface area (Å²) in [6, 6.07) is 4.59. The number of aliphatic hydroxyl groups is 1.